The van der Waals surface area contributed by atoms with Gasteiger partial charge in [-0.25, -0.2) is 4.98 Å². The average Bonchev–Trinajstić information content (AvgIpc) is 2.83. The van der Waals surface area contributed by atoms with Gasteiger partial charge in [0.1, 0.15) is 0 Å². The number of nitrogens with one attached hydrogen (secondary N) is 1. The van der Waals surface area contributed by atoms with E-state index in [2.05, 4.69) is 28.5 Å². The number of hydrogen-bond donors (Lipinski definition) is 1. The van der Waals surface area contributed by atoms with Gasteiger partial charge in [0.2, 0.25) is 0 Å². The van der Waals surface area contributed by atoms with Crippen LogP contribution in [0.2, 0.25) is 0 Å². The molecule has 2 rings (SSSR count). The highest BCUT2D eigenvalue weighted by Gasteiger charge is 2.00. The largest absolute Gasteiger partial charge is 0.311 e. The second kappa shape index (κ2) is 5.23. The molecule has 2 aromatic heterocycles. The van der Waals surface area contributed by atoms with Crippen LogP contribution >= 0.6 is 11.3 Å². The Kier molecular flexibility index (Phi) is 3.69. The molecule has 1 N–H and O–H groups in total. The molecule has 0 fully saturated rings. The van der Waals surface area contributed by atoms with E-state index in [0.29, 0.717) is 0 Å². The normalized spacial score (nSPS) is 10.9. The molecule has 0 aliphatic carbocycles. The molecule has 0 spiro atoms. The maximum absolute atomic E-state index is 4.22. The van der Waals surface area contributed by atoms with Crippen LogP contribution in [0.4, 0.5) is 0 Å². The second-order valence-electron chi connectivity index (χ2n) is 3.81. The molecule has 0 aliphatic heterocycles. The first-order valence-electron chi connectivity index (χ1n) is 5.33. The van der Waals surface area contributed by atoms with Gasteiger partial charge in [-0.05, 0) is 25.5 Å². The molecule has 0 radical (unpaired) electrons. The predicted octanol–water partition coefficient (Wildman–Crippen LogP) is 1.52. The Bertz CT molecular complexity index is 446. The van der Waals surface area contributed by atoms with E-state index < -0.39 is 0 Å². The zero-order chi connectivity index (χ0) is 11.4. The van der Waals surface area contributed by atoms with Crippen molar-refractivity contribution in [1.29, 1.82) is 0 Å². The summed E-state index contributed by atoms with van der Waals surface area (Å²) >= 11 is 1.71. The van der Waals surface area contributed by atoms with E-state index in [1.165, 1.54) is 10.4 Å². The van der Waals surface area contributed by atoms with Crippen molar-refractivity contribution in [3.63, 3.8) is 0 Å². The first-order chi connectivity index (χ1) is 7.75. The number of rotatable bonds is 5. The van der Waals surface area contributed by atoms with Crippen molar-refractivity contribution in [2.45, 2.75) is 19.9 Å². The van der Waals surface area contributed by atoms with Crippen molar-refractivity contribution < 1.29 is 0 Å². The topological polar surface area (TPSA) is 42.7 Å². The summed E-state index contributed by atoms with van der Waals surface area (Å²) in [6.45, 7) is 3.94. The van der Waals surface area contributed by atoms with E-state index in [0.717, 1.165) is 25.2 Å². The van der Waals surface area contributed by atoms with E-state index in [1.807, 2.05) is 23.4 Å². The summed E-state index contributed by atoms with van der Waals surface area (Å²) in [6, 6.07) is 0. The molecule has 0 amide bonds. The van der Waals surface area contributed by atoms with Crippen molar-refractivity contribution in [3.05, 3.63) is 34.0 Å². The third-order valence-electron chi connectivity index (χ3n) is 2.48. The van der Waals surface area contributed by atoms with Gasteiger partial charge in [0.05, 0.1) is 17.4 Å². The predicted molar refractivity (Wildman–Crippen MR) is 65.5 cm³/mol. The molecule has 4 nitrogen and oxygen atoms in total. The lowest BCUT2D eigenvalue weighted by atomic mass is 10.2. The van der Waals surface area contributed by atoms with Crippen LogP contribution in [0.15, 0.2) is 17.9 Å². The smallest absolute Gasteiger partial charge is 0.0798 e. The van der Waals surface area contributed by atoms with E-state index in [9.17, 15) is 0 Å². The standard InChI is InChI=1S/C11H16N4S/c1-9-11(16-8-13-9)6-12-4-3-10-5-14-15(2)7-10/h5,7-8,12H,3-4,6H2,1-2H3. The molecule has 2 aromatic rings. The summed E-state index contributed by atoms with van der Waals surface area (Å²) in [5.74, 6) is 0. The molecule has 86 valence electrons. The number of aromatic nitrogens is 3. The first-order valence-corrected chi connectivity index (χ1v) is 6.21. The molecule has 16 heavy (non-hydrogen) atoms. The van der Waals surface area contributed by atoms with Crippen molar-refractivity contribution in [2.75, 3.05) is 6.54 Å². The van der Waals surface area contributed by atoms with Crippen molar-refractivity contribution in [1.82, 2.24) is 20.1 Å². The summed E-state index contributed by atoms with van der Waals surface area (Å²) < 4.78 is 1.84. The van der Waals surface area contributed by atoms with Crippen LogP contribution in [0, 0.1) is 6.92 Å². The second-order valence-corrected chi connectivity index (χ2v) is 4.75. The Morgan fingerprint density at radius 3 is 3.00 bits per heavy atom. The average molecular weight is 236 g/mol. The molecule has 0 atom stereocenters. The maximum Gasteiger partial charge on any atom is 0.0798 e. The van der Waals surface area contributed by atoms with E-state index >= 15 is 0 Å². The van der Waals surface area contributed by atoms with Crippen LogP contribution < -0.4 is 5.32 Å². The van der Waals surface area contributed by atoms with Crippen LogP contribution in [0.3, 0.4) is 0 Å². The summed E-state index contributed by atoms with van der Waals surface area (Å²) in [7, 11) is 1.94. The Balaban J connectivity index is 1.71. The fraction of sp³-hybridized carbons (Fsp3) is 0.455. The summed E-state index contributed by atoms with van der Waals surface area (Å²) in [4.78, 5) is 5.55. The SMILES string of the molecule is Cc1ncsc1CNCCc1cnn(C)c1. The van der Waals surface area contributed by atoms with Crippen LogP contribution in [-0.2, 0) is 20.0 Å². The molecule has 0 saturated heterocycles. The third-order valence-corrected chi connectivity index (χ3v) is 3.41. The minimum atomic E-state index is 0.913. The first kappa shape index (κ1) is 11.3. The highest BCUT2D eigenvalue weighted by atomic mass is 32.1. The van der Waals surface area contributed by atoms with Crippen LogP contribution in [0.5, 0.6) is 0 Å². The van der Waals surface area contributed by atoms with Crippen LogP contribution in [0.25, 0.3) is 0 Å². The fourth-order valence-corrected chi connectivity index (χ4v) is 2.28. The molecule has 0 aromatic carbocycles. The molecular formula is C11H16N4S. The van der Waals surface area contributed by atoms with Crippen molar-refractivity contribution in [2.24, 2.45) is 7.05 Å². The van der Waals surface area contributed by atoms with Crippen LogP contribution in [-0.4, -0.2) is 21.3 Å². The van der Waals surface area contributed by atoms with Gasteiger partial charge >= 0.3 is 0 Å². The Hall–Kier alpha value is -1.20. The third kappa shape index (κ3) is 2.90. The van der Waals surface area contributed by atoms with E-state index in [4.69, 9.17) is 0 Å². The van der Waals surface area contributed by atoms with Gasteiger partial charge in [-0.3, -0.25) is 4.68 Å². The zero-order valence-corrected chi connectivity index (χ0v) is 10.4. The lowest BCUT2D eigenvalue weighted by Crippen LogP contribution is -2.16. The quantitative estimate of drug-likeness (QED) is 0.800. The van der Waals surface area contributed by atoms with Gasteiger partial charge in [0.25, 0.3) is 0 Å². The van der Waals surface area contributed by atoms with Gasteiger partial charge < -0.3 is 5.32 Å². The van der Waals surface area contributed by atoms with Crippen molar-refractivity contribution in [3.8, 4) is 0 Å². The molecule has 2 heterocycles. The molecular weight excluding hydrogens is 220 g/mol. The lowest BCUT2D eigenvalue weighted by molar-refractivity contribution is 0.689. The Morgan fingerprint density at radius 1 is 1.50 bits per heavy atom. The van der Waals surface area contributed by atoms with E-state index in [-0.39, 0.29) is 0 Å². The van der Waals surface area contributed by atoms with Gasteiger partial charge in [0, 0.05) is 24.7 Å². The zero-order valence-electron chi connectivity index (χ0n) is 9.60. The highest BCUT2D eigenvalue weighted by molar-refractivity contribution is 7.09. The lowest BCUT2D eigenvalue weighted by Gasteiger charge is -2.01. The monoisotopic (exact) mass is 236 g/mol. The van der Waals surface area contributed by atoms with E-state index in [1.54, 1.807) is 11.3 Å². The Morgan fingerprint density at radius 2 is 2.38 bits per heavy atom. The summed E-state index contributed by atoms with van der Waals surface area (Å²) in [6.07, 6.45) is 4.99. The maximum atomic E-state index is 4.22. The van der Waals surface area contributed by atoms with Gasteiger partial charge in [-0.15, -0.1) is 11.3 Å². The number of aryl methyl sites for hydroxylation is 2. The molecule has 0 saturated carbocycles. The summed E-state index contributed by atoms with van der Waals surface area (Å²) in [5.41, 5.74) is 4.31. The minimum Gasteiger partial charge on any atom is -0.311 e. The molecule has 0 aliphatic rings. The van der Waals surface area contributed by atoms with Crippen molar-refractivity contribution >= 4 is 11.3 Å². The summed E-state index contributed by atoms with van der Waals surface area (Å²) in [5, 5.41) is 7.56. The van der Waals surface area contributed by atoms with Gasteiger partial charge in [-0.2, -0.15) is 5.10 Å². The fourth-order valence-electron chi connectivity index (χ4n) is 1.53. The number of nitrogens with zero attached hydrogens (tertiary/aromatic N) is 3. The molecule has 0 unspecified atom stereocenters. The number of thiazole rings is 1. The highest BCUT2D eigenvalue weighted by Crippen LogP contribution is 2.11. The molecule has 5 heteroatoms. The van der Waals surface area contributed by atoms with Crippen LogP contribution in [0.1, 0.15) is 16.1 Å². The number of hydrogen-bond acceptors (Lipinski definition) is 4. The minimum absolute atomic E-state index is 0.913. The molecule has 0 bridgehead atoms. The van der Waals surface area contributed by atoms with Gasteiger partial charge in [-0.1, -0.05) is 0 Å². The Labute approximate surface area is 99.3 Å². The van der Waals surface area contributed by atoms with Gasteiger partial charge in [0.15, 0.2) is 0 Å².